The third kappa shape index (κ3) is 1.28. The van der Waals surface area contributed by atoms with Gasteiger partial charge in [0.25, 0.3) is 0 Å². The highest BCUT2D eigenvalue weighted by Crippen LogP contribution is 2.68. The van der Waals surface area contributed by atoms with Crippen LogP contribution in [0.4, 0.5) is 0 Å². The van der Waals surface area contributed by atoms with Gasteiger partial charge in [-0.3, -0.25) is 0 Å². The van der Waals surface area contributed by atoms with Gasteiger partial charge in [0.2, 0.25) is 0 Å². The van der Waals surface area contributed by atoms with Gasteiger partial charge in [0.1, 0.15) is 0 Å². The molecule has 0 amide bonds. The summed E-state index contributed by atoms with van der Waals surface area (Å²) in [4.78, 5) is 0. The van der Waals surface area contributed by atoms with Gasteiger partial charge in [-0.05, 0) is 60.2 Å². The van der Waals surface area contributed by atoms with Crippen molar-refractivity contribution in [1.29, 1.82) is 0 Å². The molecule has 0 saturated heterocycles. The zero-order chi connectivity index (χ0) is 11.5. The fourth-order valence-electron chi connectivity index (χ4n) is 6.03. The van der Waals surface area contributed by atoms with Gasteiger partial charge >= 0.3 is 0 Å². The molecule has 92 valence electrons. The summed E-state index contributed by atoms with van der Waals surface area (Å²) in [5.74, 6) is 6.58. The Hall–Kier alpha value is 0. The second kappa shape index (κ2) is 3.50. The van der Waals surface area contributed by atoms with E-state index in [1.807, 2.05) is 0 Å². The van der Waals surface area contributed by atoms with E-state index in [-0.39, 0.29) is 0 Å². The first-order chi connectivity index (χ1) is 7.58. The van der Waals surface area contributed by atoms with E-state index in [0.29, 0.717) is 5.41 Å². The fraction of sp³-hybridized carbons (Fsp3) is 1.00. The van der Waals surface area contributed by atoms with Crippen LogP contribution < -0.4 is 0 Å². The van der Waals surface area contributed by atoms with Crippen molar-refractivity contribution in [3.05, 3.63) is 0 Å². The summed E-state index contributed by atoms with van der Waals surface area (Å²) in [6.45, 7) is 9.94. The largest absolute Gasteiger partial charge is 0.0651 e. The SMILES string of the molecule is CCC1CC(CC)C2C1C1CC2C(C)(C)C1. The molecule has 16 heavy (non-hydrogen) atoms. The second-order valence-corrected chi connectivity index (χ2v) is 7.52. The molecule has 0 aromatic rings. The molecule has 0 N–H and O–H groups in total. The summed E-state index contributed by atoms with van der Waals surface area (Å²) in [5, 5.41) is 0. The summed E-state index contributed by atoms with van der Waals surface area (Å²) in [6, 6.07) is 0. The van der Waals surface area contributed by atoms with Crippen molar-refractivity contribution in [2.24, 2.45) is 40.9 Å². The molecule has 0 aromatic carbocycles. The van der Waals surface area contributed by atoms with Gasteiger partial charge in [-0.1, -0.05) is 40.5 Å². The van der Waals surface area contributed by atoms with Crippen LogP contribution in [0.15, 0.2) is 0 Å². The molecule has 6 unspecified atom stereocenters. The Kier molecular flexibility index (Phi) is 2.43. The smallest absolute Gasteiger partial charge is 0.0319 e. The monoisotopic (exact) mass is 220 g/mol. The Labute approximate surface area is 101 Å². The first kappa shape index (κ1) is 11.1. The van der Waals surface area contributed by atoms with Crippen LogP contribution >= 0.6 is 0 Å². The molecule has 0 spiro atoms. The zero-order valence-electron chi connectivity index (χ0n) is 11.5. The van der Waals surface area contributed by atoms with E-state index in [0.717, 1.165) is 35.5 Å². The van der Waals surface area contributed by atoms with Crippen LogP contribution in [0, 0.1) is 40.9 Å². The zero-order valence-corrected chi connectivity index (χ0v) is 11.5. The van der Waals surface area contributed by atoms with Gasteiger partial charge in [-0.25, -0.2) is 0 Å². The minimum atomic E-state index is 0.669. The van der Waals surface area contributed by atoms with Crippen molar-refractivity contribution >= 4 is 0 Å². The summed E-state index contributed by atoms with van der Waals surface area (Å²) in [6.07, 6.45) is 7.56. The maximum Gasteiger partial charge on any atom is -0.0319 e. The van der Waals surface area contributed by atoms with Gasteiger partial charge in [-0.15, -0.1) is 0 Å². The average molecular weight is 220 g/mol. The van der Waals surface area contributed by atoms with Gasteiger partial charge in [0.15, 0.2) is 0 Å². The lowest BCUT2D eigenvalue weighted by Crippen LogP contribution is -2.34. The molecule has 0 heterocycles. The Balaban J connectivity index is 1.90. The van der Waals surface area contributed by atoms with Crippen LogP contribution in [0.5, 0.6) is 0 Å². The summed E-state index contributed by atoms with van der Waals surface area (Å²) >= 11 is 0. The van der Waals surface area contributed by atoms with Crippen molar-refractivity contribution < 1.29 is 0 Å². The summed E-state index contributed by atoms with van der Waals surface area (Å²) in [5.41, 5.74) is 0.669. The van der Waals surface area contributed by atoms with Crippen molar-refractivity contribution in [3.8, 4) is 0 Å². The normalized spacial score (nSPS) is 53.2. The number of hydrogen-bond acceptors (Lipinski definition) is 0. The maximum absolute atomic E-state index is 2.54. The first-order valence-corrected chi connectivity index (χ1v) is 7.58. The topological polar surface area (TPSA) is 0 Å². The average Bonchev–Trinajstić information content (AvgIpc) is 2.83. The number of rotatable bonds is 2. The molecule has 3 rings (SSSR count). The minimum Gasteiger partial charge on any atom is -0.0651 e. The lowest BCUT2D eigenvalue weighted by molar-refractivity contribution is 0.0786. The van der Waals surface area contributed by atoms with E-state index in [2.05, 4.69) is 27.7 Å². The molecule has 0 heteroatoms. The minimum absolute atomic E-state index is 0.669. The van der Waals surface area contributed by atoms with Crippen molar-refractivity contribution in [1.82, 2.24) is 0 Å². The third-order valence-corrected chi connectivity index (χ3v) is 6.55. The Morgan fingerprint density at radius 3 is 2.19 bits per heavy atom. The Morgan fingerprint density at radius 2 is 1.56 bits per heavy atom. The number of fused-ring (bicyclic) bond motifs is 5. The number of hydrogen-bond donors (Lipinski definition) is 0. The van der Waals surface area contributed by atoms with Gasteiger partial charge in [0.05, 0.1) is 0 Å². The molecule has 0 aromatic heterocycles. The highest BCUT2D eigenvalue weighted by atomic mass is 14.7. The second-order valence-electron chi connectivity index (χ2n) is 7.52. The molecule has 0 radical (unpaired) electrons. The highest BCUT2D eigenvalue weighted by molar-refractivity contribution is 5.10. The van der Waals surface area contributed by atoms with E-state index in [1.54, 1.807) is 12.8 Å². The Bertz CT molecular complexity index is 278. The van der Waals surface area contributed by atoms with Crippen LogP contribution in [0.25, 0.3) is 0 Å². The molecule has 3 aliphatic rings. The van der Waals surface area contributed by atoms with Crippen molar-refractivity contribution in [2.45, 2.75) is 59.8 Å². The molecule has 0 aliphatic heterocycles. The van der Waals surface area contributed by atoms with E-state index >= 15 is 0 Å². The van der Waals surface area contributed by atoms with E-state index < -0.39 is 0 Å². The van der Waals surface area contributed by atoms with Crippen LogP contribution in [0.3, 0.4) is 0 Å². The molecule has 3 saturated carbocycles. The lowest BCUT2D eigenvalue weighted by atomic mass is 9.64. The van der Waals surface area contributed by atoms with E-state index in [4.69, 9.17) is 0 Å². The van der Waals surface area contributed by atoms with Crippen LogP contribution in [0.1, 0.15) is 59.8 Å². The molecular formula is C16H28. The quantitative estimate of drug-likeness (QED) is 0.630. The molecule has 0 nitrogen and oxygen atoms in total. The maximum atomic E-state index is 2.54. The van der Waals surface area contributed by atoms with Gasteiger partial charge in [0, 0.05) is 0 Å². The van der Waals surface area contributed by atoms with Crippen LogP contribution in [-0.2, 0) is 0 Å². The summed E-state index contributed by atoms with van der Waals surface area (Å²) in [7, 11) is 0. The molecule has 3 aliphatic carbocycles. The predicted molar refractivity (Wildman–Crippen MR) is 69.2 cm³/mol. The van der Waals surface area contributed by atoms with Crippen LogP contribution in [-0.4, -0.2) is 0 Å². The van der Waals surface area contributed by atoms with Crippen LogP contribution in [0.2, 0.25) is 0 Å². The summed E-state index contributed by atoms with van der Waals surface area (Å²) < 4.78 is 0. The van der Waals surface area contributed by atoms with E-state index in [1.165, 1.54) is 19.3 Å². The Morgan fingerprint density at radius 1 is 0.938 bits per heavy atom. The third-order valence-electron chi connectivity index (χ3n) is 6.55. The fourth-order valence-corrected chi connectivity index (χ4v) is 6.03. The first-order valence-electron chi connectivity index (χ1n) is 7.58. The molecular weight excluding hydrogens is 192 g/mol. The van der Waals surface area contributed by atoms with Crippen molar-refractivity contribution in [2.75, 3.05) is 0 Å². The standard InChI is InChI=1S/C16H28/c1-5-10-7-11(6-2)15-13-8-12(14(10)15)9-16(13,3)4/h10-15H,5-9H2,1-4H3. The molecule has 2 bridgehead atoms. The predicted octanol–water partition coefficient (Wildman–Crippen LogP) is 4.74. The lowest BCUT2D eigenvalue weighted by Gasteiger charge is -2.40. The highest BCUT2D eigenvalue weighted by Gasteiger charge is 2.61. The van der Waals surface area contributed by atoms with Gasteiger partial charge < -0.3 is 0 Å². The van der Waals surface area contributed by atoms with Crippen molar-refractivity contribution in [3.63, 3.8) is 0 Å². The molecule has 3 fully saturated rings. The van der Waals surface area contributed by atoms with Gasteiger partial charge in [-0.2, -0.15) is 0 Å². The molecule has 6 atom stereocenters. The van der Waals surface area contributed by atoms with E-state index in [9.17, 15) is 0 Å².